The molecule has 0 saturated heterocycles. The van der Waals surface area contributed by atoms with Crippen molar-refractivity contribution >= 4 is 32.3 Å². The summed E-state index contributed by atoms with van der Waals surface area (Å²) in [4.78, 5) is 12.6. The zero-order valence-corrected chi connectivity index (χ0v) is 15.8. The highest BCUT2D eigenvalue weighted by Crippen LogP contribution is 2.32. The second-order valence-corrected chi connectivity index (χ2v) is 7.97. The first-order valence-electron chi connectivity index (χ1n) is 8.26. The molecule has 0 radical (unpaired) electrons. The molecule has 136 valence electrons. The number of carbonyl (C=O) groups excluding carboxylic acids is 1. The summed E-state index contributed by atoms with van der Waals surface area (Å²) in [5.41, 5.74) is 2.88. The zero-order chi connectivity index (χ0) is 19.8. The van der Waals surface area contributed by atoms with Crippen molar-refractivity contribution < 1.29 is 13.2 Å². The van der Waals surface area contributed by atoms with Crippen LogP contribution in [0.4, 0.5) is 0 Å². The first kappa shape index (κ1) is 18.6. The molecule has 1 heterocycles. The molecule has 3 rings (SSSR count). The molecule has 1 aromatic heterocycles. The molecule has 0 aliphatic rings. The van der Waals surface area contributed by atoms with Gasteiger partial charge in [-0.2, -0.15) is 0 Å². The van der Waals surface area contributed by atoms with Gasteiger partial charge in [0.2, 0.25) is 0 Å². The Bertz CT molecular complexity index is 1200. The predicted octanol–water partition coefficient (Wildman–Crippen LogP) is 4.75. The number of benzene rings is 2. The van der Waals surface area contributed by atoms with Crippen molar-refractivity contribution in [3.8, 4) is 0 Å². The Morgan fingerprint density at radius 1 is 1.00 bits per heavy atom. The molecular formula is C22H19NO3S. The number of aromatic nitrogens is 1. The Morgan fingerprint density at radius 2 is 1.67 bits per heavy atom. The summed E-state index contributed by atoms with van der Waals surface area (Å²) >= 11 is 0. The van der Waals surface area contributed by atoms with Crippen LogP contribution in [0.3, 0.4) is 0 Å². The van der Waals surface area contributed by atoms with E-state index in [4.69, 9.17) is 0 Å². The second-order valence-electron chi connectivity index (χ2n) is 6.15. The lowest BCUT2D eigenvalue weighted by Gasteiger charge is -2.09. The first-order valence-corrected chi connectivity index (χ1v) is 9.70. The molecule has 5 heteroatoms. The van der Waals surface area contributed by atoms with E-state index in [9.17, 15) is 13.2 Å². The van der Waals surface area contributed by atoms with E-state index in [1.807, 2.05) is 6.92 Å². The van der Waals surface area contributed by atoms with Crippen LogP contribution >= 0.6 is 0 Å². The maximum Gasteiger partial charge on any atom is 0.268 e. The summed E-state index contributed by atoms with van der Waals surface area (Å²) < 4.78 is 27.6. The molecule has 27 heavy (non-hydrogen) atoms. The lowest BCUT2D eigenvalue weighted by Crippen LogP contribution is -2.12. The number of allylic oxidation sites excluding steroid dienone is 3. The minimum atomic E-state index is -3.88. The Hall–Kier alpha value is -3.18. The Balaban J connectivity index is 2.40. The molecule has 0 unspecified atom stereocenters. The summed E-state index contributed by atoms with van der Waals surface area (Å²) in [5, 5.41) is 0.517. The van der Waals surface area contributed by atoms with Crippen LogP contribution in [-0.4, -0.2) is 18.2 Å². The summed E-state index contributed by atoms with van der Waals surface area (Å²) in [6.07, 6.45) is 4.09. The highest BCUT2D eigenvalue weighted by molar-refractivity contribution is 7.90. The van der Waals surface area contributed by atoms with Crippen molar-refractivity contribution in [1.82, 2.24) is 3.97 Å². The maximum absolute atomic E-state index is 13.2. The van der Waals surface area contributed by atoms with Crippen molar-refractivity contribution in [1.29, 1.82) is 0 Å². The van der Waals surface area contributed by atoms with Crippen LogP contribution in [0.15, 0.2) is 85.4 Å². The van der Waals surface area contributed by atoms with Gasteiger partial charge in [0.05, 0.1) is 10.4 Å². The molecule has 0 atom stereocenters. The fourth-order valence-corrected chi connectivity index (χ4v) is 4.32. The molecule has 0 N–H and O–H groups in total. The highest BCUT2D eigenvalue weighted by Gasteiger charge is 2.24. The fourth-order valence-electron chi connectivity index (χ4n) is 2.96. The molecule has 0 amide bonds. The molecule has 0 aliphatic heterocycles. The van der Waals surface area contributed by atoms with Gasteiger partial charge in [-0.3, -0.25) is 4.79 Å². The van der Waals surface area contributed by atoms with Crippen LogP contribution in [0.2, 0.25) is 0 Å². The van der Waals surface area contributed by atoms with Gasteiger partial charge in [0, 0.05) is 17.1 Å². The van der Waals surface area contributed by atoms with Crippen LogP contribution < -0.4 is 0 Å². The average molecular weight is 377 g/mol. The summed E-state index contributed by atoms with van der Waals surface area (Å²) in [7, 11) is -3.88. The van der Waals surface area contributed by atoms with Gasteiger partial charge in [-0.1, -0.05) is 55.6 Å². The third kappa shape index (κ3) is 3.06. The monoisotopic (exact) mass is 377 g/mol. The minimum Gasteiger partial charge on any atom is -0.289 e. The van der Waals surface area contributed by atoms with E-state index in [1.54, 1.807) is 48.5 Å². The summed E-state index contributed by atoms with van der Waals surface area (Å²) in [6, 6.07) is 11.8. The summed E-state index contributed by atoms with van der Waals surface area (Å²) in [6.45, 7) is 13.1. The van der Waals surface area contributed by atoms with Gasteiger partial charge in [-0.15, -0.1) is 0 Å². The fraction of sp³-hybridized carbons (Fsp3) is 0.0455. The molecule has 3 aromatic rings. The molecule has 2 aromatic carbocycles. The molecule has 0 spiro atoms. The smallest absolute Gasteiger partial charge is 0.268 e. The van der Waals surface area contributed by atoms with E-state index in [0.717, 1.165) is 9.54 Å². The molecule has 0 fully saturated rings. The lowest BCUT2D eigenvalue weighted by atomic mass is 9.99. The Labute approximate surface area is 158 Å². The van der Waals surface area contributed by atoms with Gasteiger partial charge < -0.3 is 0 Å². The van der Waals surface area contributed by atoms with Crippen LogP contribution in [0, 0.1) is 6.92 Å². The summed E-state index contributed by atoms with van der Waals surface area (Å²) in [5.74, 6) is -0.359. The van der Waals surface area contributed by atoms with Crippen molar-refractivity contribution in [2.45, 2.75) is 11.8 Å². The normalized spacial score (nSPS) is 11.3. The Morgan fingerprint density at radius 3 is 2.26 bits per heavy atom. The van der Waals surface area contributed by atoms with Crippen molar-refractivity contribution in [3.63, 3.8) is 0 Å². The number of hydrogen-bond donors (Lipinski definition) is 0. The van der Waals surface area contributed by atoms with E-state index in [-0.39, 0.29) is 16.2 Å². The number of rotatable bonds is 6. The number of fused-ring (bicyclic) bond motifs is 1. The Kier molecular flexibility index (Phi) is 4.72. The largest absolute Gasteiger partial charge is 0.289 e. The second kappa shape index (κ2) is 6.85. The number of carbonyl (C=O) groups is 1. The van der Waals surface area contributed by atoms with E-state index in [2.05, 4.69) is 19.7 Å². The van der Waals surface area contributed by atoms with Crippen LogP contribution in [0.1, 0.15) is 21.5 Å². The lowest BCUT2D eigenvalue weighted by molar-refractivity contribution is 0.104. The van der Waals surface area contributed by atoms with Crippen molar-refractivity contribution in [2.24, 2.45) is 0 Å². The molecule has 0 aliphatic carbocycles. The standard InChI is InChI=1S/C22H19NO3S/c1-5-16(4)18-8-7-9-20-22(18)19(21(24)6-2)14-23(20)27(25,26)17-12-10-15(3)11-13-17/h5-14H,1-2,4H2,3H3. The van der Waals surface area contributed by atoms with Gasteiger partial charge in [-0.05, 0) is 42.3 Å². The van der Waals surface area contributed by atoms with Gasteiger partial charge >= 0.3 is 0 Å². The third-order valence-electron chi connectivity index (χ3n) is 4.42. The first-order chi connectivity index (χ1) is 12.8. The molecule has 0 saturated carbocycles. The van der Waals surface area contributed by atoms with Gasteiger partial charge in [0.1, 0.15) is 0 Å². The van der Waals surface area contributed by atoms with Gasteiger partial charge in [0.25, 0.3) is 10.0 Å². The van der Waals surface area contributed by atoms with E-state index in [1.165, 1.54) is 12.3 Å². The number of ketones is 1. The number of nitrogens with zero attached hydrogens (tertiary/aromatic N) is 1. The molecular weight excluding hydrogens is 358 g/mol. The van der Waals surface area contributed by atoms with E-state index in [0.29, 0.717) is 22.0 Å². The van der Waals surface area contributed by atoms with Crippen LogP contribution in [0.5, 0.6) is 0 Å². The quantitative estimate of drug-likeness (QED) is 0.354. The number of aryl methyl sites for hydroxylation is 1. The maximum atomic E-state index is 13.2. The topological polar surface area (TPSA) is 56.1 Å². The van der Waals surface area contributed by atoms with Gasteiger partial charge in [0.15, 0.2) is 5.78 Å². The van der Waals surface area contributed by atoms with Crippen LogP contribution in [-0.2, 0) is 10.0 Å². The predicted molar refractivity (Wildman–Crippen MR) is 109 cm³/mol. The molecule has 4 nitrogen and oxygen atoms in total. The highest BCUT2D eigenvalue weighted by atomic mass is 32.2. The van der Waals surface area contributed by atoms with Crippen molar-refractivity contribution in [3.05, 3.63) is 97.2 Å². The zero-order valence-electron chi connectivity index (χ0n) is 15.0. The van der Waals surface area contributed by atoms with Crippen LogP contribution in [0.25, 0.3) is 16.5 Å². The van der Waals surface area contributed by atoms with Gasteiger partial charge in [-0.25, -0.2) is 12.4 Å². The molecule has 0 bridgehead atoms. The third-order valence-corrected chi connectivity index (χ3v) is 6.10. The average Bonchev–Trinajstić information content (AvgIpc) is 3.07. The van der Waals surface area contributed by atoms with Crippen molar-refractivity contribution in [2.75, 3.05) is 0 Å². The van der Waals surface area contributed by atoms with E-state index >= 15 is 0 Å². The number of hydrogen-bond acceptors (Lipinski definition) is 3. The SMILES string of the molecule is C=CC(=C)c1cccc2c1c(C(=O)C=C)cn2S(=O)(=O)c1ccc(C)cc1. The minimum absolute atomic E-state index is 0.149. The van der Waals surface area contributed by atoms with E-state index < -0.39 is 10.0 Å².